The SMILES string of the molecule is CC[C@H](F)C[C@H](F)C(=O)Nc1cccc(Br)n1. The number of nitrogens with zero attached hydrogens (tertiary/aromatic N) is 1. The molecule has 0 aliphatic rings. The van der Waals surface area contributed by atoms with Gasteiger partial charge in [0.15, 0.2) is 6.17 Å². The van der Waals surface area contributed by atoms with Gasteiger partial charge < -0.3 is 5.32 Å². The summed E-state index contributed by atoms with van der Waals surface area (Å²) in [6, 6.07) is 4.86. The molecular weight excluding hydrogens is 294 g/mol. The van der Waals surface area contributed by atoms with E-state index >= 15 is 0 Å². The molecule has 17 heavy (non-hydrogen) atoms. The molecule has 2 atom stereocenters. The molecule has 0 spiro atoms. The van der Waals surface area contributed by atoms with E-state index in [1.807, 2.05) is 0 Å². The molecule has 1 heterocycles. The van der Waals surface area contributed by atoms with Gasteiger partial charge in [-0.05, 0) is 34.5 Å². The van der Waals surface area contributed by atoms with Crippen molar-refractivity contribution in [3.05, 3.63) is 22.8 Å². The molecule has 3 nitrogen and oxygen atoms in total. The summed E-state index contributed by atoms with van der Waals surface area (Å²) in [5.74, 6) is -0.634. The Bertz CT molecular complexity index is 389. The highest BCUT2D eigenvalue weighted by atomic mass is 79.9. The van der Waals surface area contributed by atoms with Gasteiger partial charge >= 0.3 is 0 Å². The van der Waals surface area contributed by atoms with Crippen molar-refractivity contribution in [1.29, 1.82) is 0 Å². The number of alkyl halides is 2. The molecule has 1 amide bonds. The highest BCUT2D eigenvalue weighted by molar-refractivity contribution is 9.10. The van der Waals surface area contributed by atoms with Crippen molar-refractivity contribution in [2.45, 2.75) is 32.1 Å². The van der Waals surface area contributed by atoms with Crippen LogP contribution in [-0.4, -0.2) is 23.2 Å². The molecule has 1 rings (SSSR count). The van der Waals surface area contributed by atoms with Gasteiger partial charge in [0.05, 0.1) is 0 Å². The minimum absolute atomic E-state index is 0.197. The van der Waals surface area contributed by atoms with E-state index in [0.29, 0.717) is 4.60 Å². The van der Waals surface area contributed by atoms with Crippen LogP contribution in [0.5, 0.6) is 0 Å². The average molecular weight is 307 g/mol. The van der Waals surface area contributed by atoms with E-state index < -0.39 is 24.7 Å². The number of hydrogen-bond donors (Lipinski definition) is 1. The summed E-state index contributed by atoms with van der Waals surface area (Å²) in [5, 5.41) is 2.29. The highest BCUT2D eigenvalue weighted by Gasteiger charge is 2.21. The fraction of sp³-hybridized carbons (Fsp3) is 0.455. The first kappa shape index (κ1) is 14.0. The van der Waals surface area contributed by atoms with Crippen LogP contribution < -0.4 is 5.32 Å². The molecule has 0 radical (unpaired) electrons. The standard InChI is InChI=1S/C11H13BrF2N2O/c1-2-7(13)6-8(14)11(17)16-10-5-3-4-9(12)15-10/h3-5,7-8H,2,6H2,1H3,(H,15,16,17)/t7-,8-/m0/s1. The maximum atomic E-state index is 13.3. The molecule has 1 aromatic heterocycles. The summed E-state index contributed by atoms with van der Waals surface area (Å²) in [6.07, 6.45) is -3.38. The fourth-order valence-electron chi connectivity index (χ4n) is 1.18. The third kappa shape index (κ3) is 4.77. The van der Waals surface area contributed by atoms with E-state index in [2.05, 4.69) is 26.2 Å². The van der Waals surface area contributed by atoms with Crippen LogP contribution in [-0.2, 0) is 4.79 Å². The second kappa shape index (κ2) is 6.64. The molecule has 0 saturated heterocycles. The van der Waals surface area contributed by atoms with Gasteiger partial charge in [0.2, 0.25) is 0 Å². The Kier molecular flexibility index (Phi) is 5.47. The van der Waals surface area contributed by atoms with Crippen LogP contribution in [0.3, 0.4) is 0 Å². The van der Waals surface area contributed by atoms with Crippen LogP contribution in [0.2, 0.25) is 0 Å². The molecule has 1 aromatic rings. The van der Waals surface area contributed by atoms with Crippen molar-refractivity contribution < 1.29 is 13.6 Å². The Balaban J connectivity index is 2.54. The van der Waals surface area contributed by atoms with Gasteiger partial charge in [0, 0.05) is 6.42 Å². The smallest absolute Gasteiger partial charge is 0.260 e. The van der Waals surface area contributed by atoms with Crippen LogP contribution in [0.4, 0.5) is 14.6 Å². The molecule has 0 aliphatic heterocycles. The minimum atomic E-state index is -1.86. The average Bonchev–Trinajstić information content (AvgIpc) is 2.28. The maximum Gasteiger partial charge on any atom is 0.260 e. The number of hydrogen-bond acceptors (Lipinski definition) is 2. The normalized spacial score (nSPS) is 14.1. The second-order valence-electron chi connectivity index (χ2n) is 3.54. The van der Waals surface area contributed by atoms with Crippen LogP contribution >= 0.6 is 15.9 Å². The number of rotatable bonds is 5. The molecule has 0 saturated carbocycles. The second-order valence-corrected chi connectivity index (χ2v) is 4.36. The first-order chi connectivity index (χ1) is 8.02. The van der Waals surface area contributed by atoms with Gasteiger partial charge in [-0.1, -0.05) is 13.0 Å². The molecule has 0 fully saturated rings. The number of anilines is 1. The predicted octanol–water partition coefficient (Wildman–Crippen LogP) is 3.26. The summed E-state index contributed by atoms with van der Waals surface area (Å²) in [4.78, 5) is 15.3. The number of aromatic nitrogens is 1. The lowest BCUT2D eigenvalue weighted by molar-refractivity contribution is -0.121. The van der Waals surface area contributed by atoms with E-state index in [1.165, 1.54) is 6.07 Å². The van der Waals surface area contributed by atoms with Crippen LogP contribution in [0, 0.1) is 0 Å². The summed E-state index contributed by atoms with van der Waals surface area (Å²) in [6.45, 7) is 1.60. The van der Waals surface area contributed by atoms with Crippen molar-refractivity contribution in [2.24, 2.45) is 0 Å². The van der Waals surface area contributed by atoms with Crippen LogP contribution in [0.1, 0.15) is 19.8 Å². The summed E-state index contributed by atoms with van der Waals surface area (Å²) in [5.41, 5.74) is 0. The Hall–Kier alpha value is -1.04. The molecule has 0 aromatic carbocycles. The lowest BCUT2D eigenvalue weighted by atomic mass is 10.1. The fourth-order valence-corrected chi connectivity index (χ4v) is 1.52. The van der Waals surface area contributed by atoms with Crippen molar-refractivity contribution in [2.75, 3.05) is 5.32 Å². The molecule has 94 valence electrons. The first-order valence-electron chi connectivity index (χ1n) is 5.24. The van der Waals surface area contributed by atoms with E-state index in [0.717, 1.165) is 0 Å². The zero-order valence-electron chi connectivity index (χ0n) is 9.29. The zero-order chi connectivity index (χ0) is 12.8. The van der Waals surface area contributed by atoms with Crippen LogP contribution in [0.15, 0.2) is 22.8 Å². The molecule has 1 N–H and O–H groups in total. The Morgan fingerprint density at radius 2 is 2.24 bits per heavy atom. The minimum Gasteiger partial charge on any atom is -0.308 e. The largest absolute Gasteiger partial charge is 0.308 e. The summed E-state index contributed by atoms with van der Waals surface area (Å²) >= 11 is 3.12. The van der Waals surface area contributed by atoms with E-state index in [4.69, 9.17) is 0 Å². The monoisotopic (exact) mass is 306 g/mol. The Morgan fingerprint density at radius 1 is 1.53 bits per heavy atom. The molecular formula is C11H13BrF2N2O. The number of carbonyl (C=O) groups is 1. The Morgan fingerprint density at radius 3 is 2.82 bits per heavy atom. The zero-order valence-corrected chi connectivity index (χ0v) is 10.9. The third-order valence-electron chi connectivity index (χ3n) is 2.16. The molecule has 0 bridgehead atoms. The van der Waals surface area contributed by atoms with Gasteiger partial charge in [-0.15, -0.1) is 0 Å². The maximum absolute atomic E-state index is 13.3. The van der Waals surface area contributed by atoms with E-state index in [-0.39, 0.29) is 12.2 Å². The lowest BCUT2D eigenvalue weighted by Gasteiger charge is -2.10. The summed E-state index contributed by atoms with van der Waals surface area (Å²) in [7, 11) is 0. The molecule has 0 aliphatic carbocycles. The number of pyridine rings is 1. The lowest BCUT2D eigenvalue weighted by Crippen LogP contribution is -2.27. The van der Waals surface area contributed by atoms with Crippen molar-refractivity contribution in [3.8, 4) is 0 Å². The highest BCUT2D eigenvalue weighted by Crippen LogP contribution is 2.13. The Labute approximate surface area is 107 Å². The van der Waals surface area contributed by atoms with Crippen molar-refractivity contribution in [1.82, 2.24) is 4.98 Å². The van der Waals surface area contributed by atoms with Gasteiger partial charge in [-0.25, -0.2) is 13.8 Å². The van der Waals surface area contributed by atoms with Crippen molar-refractivity contribution in [3.63, 3.8) is 0 Å². The van der Waals surface area contributed by atoms with Crippen LogP contribution in [0.25, 0.3) is 0 Å². The number of nitrogens with one attached hydrogen (secondary N) is 1. The third-order valence-corrected chi connectivity index (χ3v) is 2.60. The summed E-state index contributed by atoms with van der Waals surface area (Å²) < 4.78 is 26.8. The van der Waals surface area contributed by atoms with Gasteiger partial charge in [0.25, 0.3) is 5.91 Å². The topological polar surface area (TPSA) is 42.0 Å². The molecule has 0 unspecified atom stereocenters. The van der Waals surface area contributed by atoms with Gasteiger partial charge in [0.1, 0.15) is 16.6 Å². The number of halogens is 3. The number of carbonyl (C=O) groups excluding carboxylic acids is 1. The number of amides is 1. The van der Waals surface area contributed by atoms with E-state index in [9.17, 15) is 13.6 Å². The molecule has 6 heteroatoms. The van der Waals surface area contributed by atoms with Gasteiger partial charge in [-0.3, -0.25) is 4.79 Å². The van der Waals surface area contributed by atoms with Crippen molar-refractivity contribution >= 4 is 27.7 Å². The van der Waals surface area contributed by atoms with Gasteiger partial charge in [-0.2, -0.15) is 0 Å². The quantitative estimate of drug-likeness (QED) is 0.848. The first-order valence-corrected chi connectivity index (χ1v) is 6.03. The predicted molar refractivity (Wildman–Crippen MR) is 65.3 cm³/mol. The van der Waals surface area contributed by atoms with E-state index in [1.54, 1.807) is 19.1 Å².